The Balaban J connectivity index is 2.32. The largest absolute Gasteiger partial charge is 0.428 e. The molecule has 0 spiro atoms. The second-order valence-corrected chi connectivity index (χ2v) is 5.70. The number of ether oxygens (including phenoxy) is 2. The highest BCUT2D eigenvalue weighted by atomic mass is 32.2. The molecule has 1 aromatic rings. The van der Waals surface area contributed by atoms with Crippen LogP contribution in [0.25, 0.3) is 0 Å². The zero-order valence-corrected chi connectivity index (χ0v) is 12.0. The van der Waals surface area contributed by atoms with E-state index in [1.54, 1.807) is 19.1 Å². The summed E-state index contributed by atoms with van der Waals surface area (Å²) in [5.41, 5.74) is 1.67. The summed E-state index contributed by atoms with van der Waals surface area (Å²) in [5, 5.41) is 0. The smallest absolute Gasteiger partial charge is 0.350 e. The molecular weight excluding hydrogens is 264 g/mol. The molecule has 1 heterocycles. The van der Waals surface area contributed by atoms with Gasteiger partial charge < -0.3 is 9.47 Å². The van der Waals surface area contributed by atoms with E-state index in [-0.39, 0.29) is 4.91 Å². The van der Waals surface area contributed by atoms with Gasteiger partial charge in [-0.15, -0.1) is 0 Å². The molecule has 5 heteroatoms. The number of aryl methyl sites for hydroxylation is 1. The monoisotopic (exact) mass is 280 g/mol. The van der Waals surface area contributed by atoms with Gasteiger partial charge in [0, 0.05) is 17.1 Å². The Labute approximate surface area is 114 Å². The van der Waals surface area contributed by atoms with E-state index < -0.39 is 23.1 Å². The average Bonchev–Trinajstić information content (AvgIpc) is 2.65. The molecule has 2 atom stereocenters. The van der Waals surface area contributed by atoms with Crippen LogP contribution in [0.5, 0.6) is 0 Å². The molecule has 4 nitrogen and oxygen atoms in total. The predicted octanol–water partition coefficient (Wildman–Crippen LogP) is 2.30. The first-order valence-electron chi connectivity index (χ1n) is 6.06. The number of benzene rings is 1. The summed E-state index contributed by atoms with van der Waals surface area (Å²) >= 11 is 0. The van der Waals surface area contributed by atoms with Crippen molar-refractivity contribution in [3.63, 3.8) is 0 Å². The molecule has 0 radical (unpaired) electrons. The molecule has 1 aliphatic heterocycles. The molecule has 1 aromatic carbocycles. The van der Waals surface area contributed by atoms with Crippen LogP contribution in [0.1, 0.15) is 19.4 Å². The predicted molar refractivity (Wildman–Crippen MR) is 71.8 cm³/mol. The standard InChI is InChI=1S/C14H16O4S/c1-4-17-14-10(3)12(13(15)18-14)19(16)11-7-5-9(2)6-8-11/h5-8,14H,4H2,1-3H3/t14-,19?/m0/s1. The first-order valence-corrected chi connectivity index (χ1v) is 7.21. The van der Waals surface area contributed by atoms with Crippen LogP contribution in [0.2, 0.25) is 0 Å². The Hall–Kier alpha value is -1.46. The molecule has 0 aliphatic carbocycles. The third-order valence-corrected chi connectivity index (χ3v) is 4.41. The van der Waals surface area contributed by atoms with Crippen LogP contribution in [-0.2, 0) is 25.1 Å². The number of cyclic esters (lactones) is 1. The van der Waals surface area contributed by atoms with Gasteiger partial charge in [-0.1, -0.05) is 17.7 Å². The summed E-state index contributed by atoms with van der Waals surface area (Å²) < 4.78 is 22.8. The third kappa shape index (κ3) is 2.77. The summed E-state index contributed by atoms with van der Waals surface area (Å²) in [4.78, 5) is 12.6. The fourth-order valence-electron chi connectivity index (χ4n) is 1.82. The summed E-state index contributed by atoms with van der Waals surface area (Å²) in [6.45, 7) is 5.91. The second kappa shape index (κ2) is 5.67. The minimum atomic E-state index is -1.53. The van der Waals surface area contributed by atoms with E-state index >= 15 is 0 Å². The van der Waals surface area contributed by atoms with Crippen LogP contribution in [0.4, 0.5) is 0 Å². The van der Waals surface area contributed by atoms with Crippen molar-refractivity contribution < 1.29 is 18.5 Å². The van der Waals surface area contributed by atoms with Gasteiger partial charge in [-0.05, 0) is 32.9 Å². The molecule has 0 amide bonds. The van der Waals surface area contributed by atoms with Crippen molar-refractivity contribution in [3.8, 4) is 0 Å². The Bertz CT molecular complexity index is 545. The highest BCUT2D eigenvalue weighted by molar-refractivity contribution is 7.90. The van der Waals surface area contributed by atoms with Gasteiger partial charge in [0.2, 0.25) is 6.29 Å². The molecule has 1 unspecified atom stereocenters. The molecular formula is C14H16O4S. The normalized spacial score (nSPS) is 20.6. The molecule has 0 aromatic heterocycles. The summed E-state index contributed by atoms with van der Waals surface area (Å²) in [5.74, 6) is -0.560. The average molecular weight is 280 g/mol. The van der Waals surface area contributed by atoms with Crippen molar-refractivity contribution >= 4 is 16.8 Å². The van der Waals surface area contributed by atoms with Crippen LogP contribution in [-0.4, -0.2) is 23.1 Å². The maximum absolute atomic E-state index is 12.4. The topological polar surface area (TPSA) is 52.6 Å². The molecule has 2 rings (SSSR count). The van der Waals surface area contributed by atoms with Crippen molar-refractivity contribution in [1.82, 2.24) is 0 Å². The zero-order chi connectivity index (χ0) is 14.0. The number of esters is 1. The molecule has 0 bridgehead atoms. The van der Waals surface area contributed by atoms with E-state index in [1.807, 2.05) is 26.0 Å². The van der Waals surface area contributed by atoms with Crippen LogP contribution in [0.3, 0.4) is 0 Å². The van der Waals surface area contributed by atoms with Gasteiger partial charge in [0.25, 0.3) is 0 Å². The third-order valence-electron chi connectivity index (χ3n) is 2.85. The Morgan fingerprint density at radius 3 is 2.47 bits per heavy atom. The van der Waals surface area contributed by atoms with Crippen LogP contribution >= 0.6 is 0 Å². The van der Waals surface area contributed by atoms with E-state index in [1.165, 1.54) is 0 Å². The highest BCUT2D eigenvalue weighted by Gasteiger charge is 2.35. The summed E-state index contributed by atoms with van der Waals surface area (Å²) in [6, 6.07) is 7.24. The quantitative estimate of drug-likeness (QED) is 0.794. The van der Waals surface area contributed by atoms with Crippen LogP contribution in [0.15, 0.2) is 39.6 Å². The number of carbonyl (C=O) groups is 1. The van der Waals surface area contributed by atoms with E-state index in [9.17, 15) is 9.00 Å². The molecule has 102 valence electrons. The van der Waals surface area contributed by atoms with Gasteiger partial charge in [0.1, 0.15) is 4.91 Å². The molecule has 1 aliphatic rings. The van der Waals surface area contributed by atoms with Gasteiger partial charge >= 0.3 is 5.97 Å². The fourth-order valence-corrected chi connectivity index (χ4v) is 3.03. The van der Waals surface area contributed by atoms with Crippen LogP contribution < -0.4 is 0 Å². The first kappa shape index (κ1) is 14.0. The Morgan fingerprint density at radius 1 is 1.26 bits per heavy atom. The maximum atomic E-state index is 12.4. The van der Waals surface area contributed by atoms with Crippen LogP contribution in [0, 0.1) is 6.92 Å². The molecule has 0 N–H and O–H groups in total. The van der Waals surface area contributed by atoms with Crippen molar-refractivity contribution in [3.05, 3.63) is 40.3 Å². The summed E-state index contributed by atoms with van der Waals surface area (Å²) in [7, 11) is -1.53. The van der Waals surface area contributed by atoms with Crippen molar-refractivity contribution in [2.24, 2.45) is 0 Å². The second-order valence-electron chi connectivity index (χ2n) is 4.29. The lowest BCUT2D eigenvalue weighted by molar-refractivity contribution is -0.158. The lowest BCUT2D eigenvalue weighted by Crippen LogP contribution is -2.14. The van der Waals surface area contributed by atoms with Crippen molar-refractivity contribution in [1.29, 1.82) is 0 Å². The minimum absolute atomic E-state index is 0.197. The number of hydrogen-bond donors (Lipinski definition) is 0. The zero-order valence-electron chi connectivity index (χ0n) is 11.1. The number of rotatable bonds is 4. The Kier molecular flexibility index (Phi) is 4.17. The van der Waals surface area contributed by atoms with E-state index in [0.29, 0.717) is 17.1 Å². The number of carbonyl (C=O) groups excluding carboxylic acids is 1. The van der Waals surface area contributed by atoms with Gasteiger partial charge in [0.05, 0.1) is 10.8 Å². The first-order chi connectivity index (χ1) is 9.04. The highest BCUT2D eigenvalue weighted by Crippen LogP contribution is 2.28. The molecule has 0 fully saturated rings. The van der Waals surface area contributed by atoms with Gasteiger partial charge in [0.15, 0.2) is 0 Å². The fraction of sp³-hybridized carbons (Fsp3) is 0.357. The van der Waals surface area contributed by atoms with Crippen molar-refractivity contribution in [2.45, 2.75) is 32.0 Å². The van der Waals surface area contributed by atoms with Gasteiger partial charge in [-0.3, -0.25) is 0 Å². The lowest BCUT2D eigenvalue weighted by atomic mass is 10.2. The van der Waals surface area contributed by atoms with Gasteiger partial charge in [-0.2, -0.15) is 0 Å². The molecule has 0 saturated carbocycles. The van der Waals surface area contributed by atoms with E-state index in [4.69, 9.17) is 9.47 Å². The lowest BCUT2D eigenvalue weighted by Gasteiger charge is -2.09. The number of hydrogen-bond acceptors (Lipinski definition) is 4. The van der Waals surface area contributed by atoms with E-state index in [0.717, 1.165) is 5.56 Å². The molecule has 19 heavy (non-hydrogen) atoms. The van der Waals surface area contributed by atoms with Crippen molar-refractivity contribution in [2.75, 3.05) is 6.61 Å². The summed E-state index contributed by atoms with van der Waals surface area (Å²) in [6.07, 6.45) is -0.707. The SMILES string of the molecule is CCO[C@H]1OC(=O)C(S(=O)c2ccc(C)cc2)=C1C. The maximum Gasteiger partial charge on any atom is 0.350 e. The molecule has 0 saturated heterocycles. The Morgan fingerprint density at radius 2 is 1.89 bits per heavy atom. The van der Waals surface area contributed by atoms with E-state index in [2.05, 4.69) is 0 Å². The minimum Gasteiger partial charge on any atom is -0.428 e. The van der Waals surface area contributed by atoms with Gasteiger partial charge in [-0.25, -0.2) is 9.00 Å².